The van der Waals surface area contributed by atoms with E-state index in [1.807, 2.05) is 18.2 Å². The molecule has 14 heavy (non-hydrogen) atoms. The number of para-hydroxylation sites is 1. The van der Waals surface area contributed by atoms with E-state index in [0.717, 1.165) is 5.69 Å². The number of hydrogen-bond acceptors (Lipinski definition) is 3. The summed E-state index contributed by atoms with van der Waals surface area (Å²) in [5.74, 6) is -0.215. The molecule has 0 aliphatic carbocycles. The Kier molecular flexibility index (Phi) is 3.91. The zero-order valence-corrected chi connectivity index (χ0v) is 8.42. The second kappa shape index (κ2) is 4.97. The summed E-state index contributed by atoms with van der Waals surface area (Å²) in [6.07, 6.45) is 0.377. The van der Waals surface area contributed by atoms with Gasteiger partial charge in [0.1, 0.15) is 0 Å². The average molecular weight is 214 g/mol. The van der Waals surface area contributed by atoms with Crippen LogP contribution < -0.4 is 5.32 Å². The van der Waals surface area contributed by atoms with Gasteiger partial charge in [0.05, 0.1) is 5.75 Å². The fraction of sp³-hybridized carbons (Fsp3) is 0.333. The van der Waals surface area contributed by atoms with E-state index in [1.165, 1.54) is 0 Å². The lowest BCUT2D eigenvalue weighted by Gasteiger charge is -2.03. The average Bonchev–Trinajstić information content (AvgIpc) is 2.13. The molecule has 0 amide bonds. The van der Waals surface area contributed by atoms with Crippen LogP contribution in [0.25, 0.3) is 0 Å². The van der Waals surface area contributed by atoms with Gasteiger partial charge in [0.25, 0.3) is 10.1 Å². The molecule has 0 spiro atoms. The molecule has 0 unspecified atom stereocenters. The molecule has 1 rings (SSSR count). The lowest BCUT2D eigenvalue weighted by atomic mass is 10.3. The monoisotopic (exact) mass is 214 g/mol. The molecular formula is C9H12NO3S. The molecule has 2 N–H and O–H groups in total. The van der Waals surface area contributed by atoms with Gasteiger partial charge in [-0.15, -0.1) is 0 Å². The lowest BCUT2D eigenvalue weighted by molar-refractivity contribution is 0.481. The predicted octanol–water partition coefficient (Wildman–Crippen LogP) is 1.18. The van der Waals surface area contributed by atoms with E-state index in [2.05, 4.69) is 11.4 Å². The van der Waals surface area contributed by atoms with E-state index >= 15 is 0 Å². The molecule has 0 saturated carbocycles. The van der Waals surface area contributed by atoms with Crippen LogP contribution in [-0.2, 0) is 10.1 Å². The van der Waals surface area contributed by atoms with Gasteiger partial charge < -0.3 is 5.32 Å². The lowest BCUT2D eigenvalue weighted by Crippen LogP contribution is -2.10. The van der Waals surface area contributed by atoms with Gasteiger partial charge in [-0.1, -0.05) is 18.2 Å². The standard InChI is InChI=1S/C9H12NO3S/c11-14(12,13)8-4-7-10-9-5-2-1-3-6-9/h1-3,5,10H,4,7-8H2,(H,11,12,13). The maximum absolute atomic E-state index is 10.4. The number of hydrogen-bond donors (Lipinski definition) is 2. The largest absolute Gasteiger partial charge is 0.385 e. The molecule has 0 aliphatic heterocycles. The molecule has 5 heteroatoms. The van der Waals surface area contributed by atoms with E-state index in [1.54, 1.807) is 6.07 Å². The molecule has 0 bridgehead atoms. The van der Waals surface area contributed by atoms with Crippen LogP contribution in [0.5, 0.6) is 0 Å². The summed E-state index contributed by atoms with van der Waals surface area (Å²) in [4.78, 5) is 0. The van der Waals surface area contributed by atoms with Crippen molar-refractivity contribution in [3.63, 3.8) is 0 Å². The van der Waals surface area contributed by atoms with Crippen molar-refractivity contribution in [2.45, 2.75) is 6.42 Å². The van der Waals surface area contributed by atoms with Gasteiger partial charge in [0.2, 0.25) is 0 Å². The molecule has 0 aromatic heterocycles. The van der Waals surface area contributed by atoms with Crippen molar-refractivity contribution in [1.82, 2.24) is 0 Å². The minimum atomic E-state index is -3.83. The molecule has 0 atom stereocenters. The first-order valence-electron chi connectivity index (χ1n) is 4.24. The Morgan fingerprint density at radius 1 is 1.43 bits per heavy atom. The highest BCUT2D eigenvalue weighted by atomic mass is 32.2. The minimum Gasteiger partial charge on any atom is -0.385 e. The van der Waals surface area contributed by atoms with Crippen molar-refractivity contribution in [3.05, 3.63) is 30.3 Å². The molecular weight excluding hydrogens is 202 g/mol. The number of rotatable bonds is 5. The van der Waals surface area contributed by atoms with Gasteiger partial charge in [-0.2, -0.15) is 8.42 Å². The zero-order chi connectivity index (χ0) is 10.4. The smallest absolute Gasteiger partial charge is 0.264 e. The Labute approximate surface area is 83.7 Å². The number of benzene rings is 1. The fourth-order valence-electron chi connectivity index (χ4n) is 0.981. The summed E-state index contributed by atoms with van der Waals surface area (Å²) in [5.41, 5.74) is 0.822. The Hall–Kier alpha value is -1.07. The third-order valence-corrected chi connectivity index (χ3v) is 2.41. The summed E-state index contributed by atoms with van der Waals surface area (Å²) in [5, 5.41) is 2.99. The van der Waals surface area contributed by atoms with Gasteiger partial charge in [-0.25, -0.2) is 0 Å². The molecule has 1 aromatic rings. The van der Waals surface area contributed by atoms with Gasteiger partial charge in [-0.3, -0.25) is 4.55 Å². The van der Waals surface area contributed by atoms with Gasteiger partial charge in [0.15, 0.2) is 0 Å². The molecule has 0 heterocycles. The normalized spacial score (nSPS) is 11.2. The maximum atomic E-state index is 10.4. The summed E-state index contributed by atoms with van der Waals surface area (Å²) in [6, 6.07) is 10.3. The van der Waals surface area contributed by atoms with Crippen LogP contribution in [0.1, 0.15) is 6.42 Å². The van der Waals surface area contributed by atoms with E-state index in [-0.39, 0.29) is 5.75 Å². The van der Waals surface area contributed by atoms with E-state index in [4.69, 9.17) is 4.55 Å². The van der Waals surface area contributed by atoms with Crippen LogP contribution in [0.3, 0.4) is 0 Å². The van der Waals surface area contributed by atoms with Crippen LogP contribution in [0.4, 0.5) is 5.69 Å². The van der Waals surface area contributed by atoms with Crippen LogP contribution in [0, 0.1) is 6.07 Å². The van der Waals surface area contributed by atoms with Crippen molar-refractivity contribution < 1.29 is 13.0 Å². The molecule has 0 aliphatic rings. The number of anilines is 1. The van der Waals surface area contributed by atoms with Crippen molar-refractivity contribution in [2.24, 2.45) is 0 Å². The van der Waals surface area contributed by atoms with Crippen molar-refractivity contribution in [3.8, 4) is 0 Å². The Bertz CT molecular complexity index is 361. The zero-order valence-electron chi connectivity index (χ0n) is 7.60. The first-order chi connectivity index (χ1) is 6.58. The third kappa shape index (κ3) is 4.84. The van der Waals surface area contributed by atoms with Crippen LogP contribution >= 0.6 is 0 Å². The first kappa shape index (κ1) is 11.0. The Balaban J connectivity index is 2.23. The van der Waals surface area contributed by atoms with Crippen LogP contribution in [0.15, 0.2) is 24.3 Å². The second-order valence-electron chi connectivity index (χ2n) is 2.84. The molecule has 77 valence electrons. The first-order valence-corrected chi connectivity index (χ1v) is 5.84. The number of nitrogens with one attached hydrogen (secondary N) is 1. The minimum absolute atomic E-state index is 0.215. The summed E-state index contributed by atoms with van der Waals surface area (Å²) in [7, 11) is -3.83. The van der Waals surface area contributed by atoms with E-state index in [9.17, 15) is 8.42 Å². The van der Waals surface area contributed by atoms with Gasteiger partial charge >= 0.3 is 0 Å². The second-order valence-corrected chi connectivity index (χ2v) is 4.41. The van der Waals surface area contributed by atoms with Gasteiger partial charge in [-0.05, 0) is 12.5 Å². The van der Waals surface area contributed by atoms with Crippen LogP contribution in [-0.4, -0.2) is 25.3 Å². The molecule has 0 fully saturated rings. The Morgan fingerprint density at radius 3 is 2.79 bits per heavy atom. The maximum Gasteiger partial charge on any atom is 0.264 e. The summed E-state index contributed by atoms with van der Waals surface area (Å²) < 4.78 is 29.2. The molecule has 1 radical (unpaired) electrons. The quantitative estimate of drug-likeness (QED) is 0.570. The summed E-state index contributed by atoms with van der Waals surface area (Å²) in [6.45, 7) is 0.500. The Morgan fingerprint density at radius 2 is 2.21 bits per heavy atom. The SMILES string of the molecule is O=S(=O)(O)CCCNc1[c]cccc1. The van der Waals surface area contributed by atoms with E-state index in [0.29, 0.717) is 13.0 Å². The molecule has 4 nitrogen and oxygen atoms in total. The predicted molar refractivity (Wildman–Crippen MR) is 54.8 cm³/mol. The fourth-order valence-corrected chi connectivity index (χ4v) is 1.49. The van der Waals surface area contributed by atoms with Crippen LogP contribution in [0.2, 0.25) is 0 Å². The summed E-state index contributed by atoms with van der Waals surface area (Å²) >= 11 is 0. The molecule has 0 saturated heterocycles. The third-order valence-electron chi connectivity index (χ3n) is 1.60. The van der Waals surface area contributed by atoms with Crippen molar-refractivity contribution >= 4 is 15.8 Å². The van der Waals surface area contributed by atoms with Crippen molar-refractivity contribution in [1.29, 1.82) is 0 Å². The highest BCUT2D eigenvalue weighted by Gasteiger charge is 2.02. The topological polar surface area (TPSA) is 66.4 Å². The highest BCUT2D eigenvalue weighted by Crippen LogP contribution is 2.03. The van der Waals surface area contributed by atoms with E-state index < -0.39 is 10.1 Å². The highest BCUT2D eigenvalue weighted by molar-refractivity contribution is 7.85. The van der Waals surface area contributed by atoms with Gasteiger partial charge in [0, 0.05) is 18.3 Å². The molecule has 1 aromatic carbocycles. The van der Waals surface area contributed by atoms with Crippen molar-refractivity contribution in [2.75, 3.05) is 17.6 Å².